The highest BCUT2D eigenvalue weighted by atomic mass is 127. The molecule has 3 aromatic rings. The molecule has 1 N–H and O–H groups in total. The van der Waals surface area contributed by atoms with Crippen molar-refractivity contribution in [3.63, 3.8) is 0 Å². The number of ether oxygens (including phenoxy) is 2. The number of hydrogen-bond acceptors (Lipinski definition) is 4. The SMILES string of the molecule is CCOc1cc(/C=C(/C#N)C(=O)Nc2ccc(F)cc2)cc(I)c1OCc1ccc(Cl)cc1. The van der Waals surface area contributed by atoms with E-state index in [9.17, 15) is 14.4 Å². The molecule has 0 fully saturated rings. The van der Waals surface area contributed by atoms with Crippen molar-refractivity contribution in [3.05, 3.63) is 91.8 Å². The average molecular weight is 577 g/mol. The fourth-order valence-electron chi connectivity index (χ4n) is 2.86. The molecule has 3 rings (SSSR count). The van der Waals surface area contributed by atoms with Crippen LogP contribution in [0, 0.1) is 20.7 Å². The lowest BCUT2D eigenvalue weighted by Crippen LogP contribution is -2.13. The van der Waals surface area contributed by atoms with Crippen LogP contribution < -0.4 is 14.8 Å². The summed E-state index contributed by atoms with van der Waals surface area (Å²) in [4.78, 5) is 12.5. The summed E-state index contributed by atoms with van der Waals surface area (Å²) in [5, 5.41) is 12.7. The first-order chi connectivity index (χ1) is 15.9. The number of amides is 1. The summed E-state index contributed by atoms with van der Waals surface area (Å²) in [7, 11) is 0. The number of anilines is 1. The lowest BCUT2D eigenvalue weighted by molar-refractivity contribution is -0.112. The third kappa shape index (κ3) is 6.94. The third-order valence-electron chi connectivity index (χ3n) is 4.41. The highest BCUT2D eigenvalue weighted by Crippen LogP contribution is 2.35. The molecule has 1 amide bonds. The van der Waals surface area contributed by atoms with Gasteiger partial charge in [-0.05, 0) is 95.2 Å². The van der Waals surface area contributed by atoms with Gasteiger partial charge in [0.2, 0.25) is 0 Å². The Kier molecular flexibility index (Phi) is 8.69. The molecule has 0 radical (unpaired) electrons. The van der Waals surface area contributed by atoms with E-state index < -0.39 is 11.7 Å². The van der Waals surface area contributed by atoms with Crippen LogP contribution in [0.5, 0.6) is 11.5 Å². The molecule has 8 heteroatoms. The second kappa shape index (κ2) is 11.7. The zero-order valence-corrected chi connectivity index (χ0v) is 20.5. The summed E-state index contributed by atoms with van der Waals surface area (Å²) in [5.41, 5.74) is 1.84. The van der Waals surface area contributed by atoms with E-state index >= 15 is 0 Å². The lowest BCUT2D eigenvalue weighted by atomic mass is 10.1. The summed E-state index contributed by atoms with van der Waals surface area (Å²) in [5.74, 6) is 0.0558. The fraction of sp³-hybridized carbons (Fsp3) is 0.120. The monoisotopic (exact) mass is 576 g/mol. The molecule has 0 unspecified atom stereocenters. The Hall–Kier alpha value is -3.09. The average Bonchev–Trinajstić information content (AvgIpc) is 2.79. The molecular weight excluding hydrogens is 558 g/mol. The van der Waals surface area contributed by atoms with Crippen molar-refractivity contribution < 1.29 is 18.7 Å². The predicted molar refractivity (Wildman–Crippen MR) is 135 cm³/mol. The molecule has 0 aromatic heterocycles. The number of carbonyl (C=O) groups is 1. The maximum atomic E-state index is 13.1. The van der Waals surface area contributed by atoms with Crippen LogP contribution in [-0.4, -0.2) is 12.5 Å². The Morgan fingerprint density at radius 3 is 2.48 bits per heavy atom. The van der Waals surface area contributed by atoms with Gasteiger partial charge >= 0.3 is 0 Å². The predicted octanol–water partition coefficient (Wildman–Crippen LogP) is 6.61. The van der Waals surface area contributed by atoms with E-state index in [0.29, 0.717) is 41.0 Å². The van der Waals surface area contributed by atoms with Crippen molar-refractivity contribution >= 4 is 51.9 Å². The highest BCUT2D eigenvalue weighted by Gasteiger charge is 2.15. The molecule has 0 heterocycles. The normalized spacial score (nSPS) is 10.9. The van der Waals surface area contributed by atoms with E-state index in [1.165, 1.54) is 30.3 Å². The van der Waals surface area contributed by atoms with Crippen molar-refractivity contribution in [1.29, 1.82) is 5.26 Å². The molecular formula is C25H19ClFIN2O3. The van der Waals surface area contributed by atoms with Gasteiger partial charge in [-0.2, -0.15) is 5.26 Å². The van der Waals surface area contributed by atoms with Crippen LogP contribution in [0.25, 0.3) is 6.08 Å². The lowest BCUT2D eigenvalue weighted by Gasteiger charge is -2.15. The number of nitriles is 1. The summed E-state index contributed by atoms with van der Waals surface area (Å²) in [6, 6.07) is 18.1. The van der Waals surface area contributed by atoms with Crippen LogP contribution in [0.3, 0.4) is 0 Å². The number of hydrogen-bond donors (Lipinski definition) is 1. The van der Waals surface area contributed by atoms with Gasteiger partial charge in [0.05, 0.1) is 10.2 Å². The summed E-state index contributed by atoms with van der Waals surface area (Å²) < 4.78 is 25.6. The van der Waals surface area contributed by atoms with E-state index in [4.69, 9.17) is 21.1 Å². The number of carbonyl (C=O) groups excluding carboxylic acids is 1. The topological polar surface area (TPSA) is 71.3 Å². The first-order valence-corrected chi connectivity index (χ1v) is 11.4. The Morgan fingerprint density at radius 2 is 1.85 bits per heavy atom. The van der Waals surface area contributed by atoms with Crippen LogP contribution in [0.2, 0.25) is 5.02 Å². The molecule has 0 saturated heterocycles. The number of halogens is 3. The van der Waals surface area contributed by atoms with Gasteiger partial charge in [-0.1, -0.05) is 23.7 Å². The zero-order valence-electron chi connectivity index (χ0n) is 17.6. The first-order valence-electron chi connectivity index (χ1n) is 9.92. The summed E-state index contributed by atoms with van der Waals surface area (Å²) in [6.45, 7) is 2.60. The minimum Gasteiger partial charge on any atom is -0.490 e. The number of rotatable bonds is 8. The Bertz CT molecular complexity index is 1210. The minimum absolute atomic E-state index is 0.104. The molecule has 3 aromatic carbocycles. The molecule has 0 saturated carbocycles. The van der Waals surface area contributed by atoms with Crippen LogP contribution >= 0.6 is 34.2 Å². The van der Waals surface area contributed by atoms with Crippen LogP contribution in [0.4, 0.5) is 10.1 Å². The van der Waals surface area contributed by atoms with Crippen LogP contribution in [-0.2, 0) is 11.4 Å². The molecule has 0 aliphatic rings. The maximum absolute atomic E-state index is 13.1. The van der Waals surface area contributed by atoms with Gasteiger partial charge in [0.15, 0.2) is 11.5 Å². The molecule has 0 aliphatic carbocycles. The van der Waals surface area contributed by atoms with Crippen LogP contribution in [0.15, 0.2) is 66.2 Å². The fourth-order valence-corrected chi connectivity index (χ4v) is 3.76. The van der Waals surface area contributed by atoms with Crippen molar-refractivity contribution in [2.45, 2.75) is 13.5 Å². The smallest absolute Gasteiger partial charge is 0.266 e. The van der Waals surface area contributed by atoms with Crippen LogP contribution in [0.1, 0.15) is 18.1 Å². The van der Waals surface area contributed by atoms with E-state index in [1.54, 1.807) is 24.3 Å². The van der Waals surface area contributed by atoms with Crippen molar-refractivity contribution in [2.75, 3.05) is 11.9 Å². The zero-order chi connectivity index (χ0) is 23.8. The maximum Gasteiger partial charge on any atom is 0.266 e. The molecule has 33 heavy (non-hydrogen) atoms. The highest BCUT2D eigenvalue weighted by molar-refractivity contribution is 14.1. The molecule has 0 atom stereocenters. The molecule has 168 valence electrons. The van der Waals surface area contributed by atoms with Gasteiger partial charge in [0, 0.05) is 10.7 Å². The van der Waals surface area contributed by atoms with Crippen molar-refractivity contribution in [1.82, 2.24) is 0 Å². The number of nitrogens with zero attached hydrogens (tertiary/aromatic N) is 1. The quantitative estimate of drug-likeness (QED) is 0.186. The van der Waals surface area contributed by atoms with Gasteiger partial charge in [-0.3, -0.25) is 4.79 Å². The second-order valence-electron chi connectivity index (χ2n) is 6.81. The summed E-state index contributed by atoms with van der Waals surface area (Å²) in [6.07, 6.45) is 1.46. The van der Waals surface area contributed by atoms with Gasteiger partial charge in [-0.25, -0.2) is 4.39 Å². The van der Waals surface area contributed by atoms with Gasteiger partial charge < -0.3 is 14.8 Å². The van der Waals surface area contributed by atoms with E-state index in [-0.39, 0.29) is 5.57 Å². The molecule has 0 bridgehead atoms. The Morgan fingerprint density at radius 1 is 1.15 bits per heavy atom. The van der Waals surface area contributed by atoms with Gasteiger partial charge in [0.25, 0.3) is 5.91 Å². The first kappa shape index (κ1) is 24.6. The van der Waals surface area contributed by atoms with Gasteiger partial charge in [0.1, 0.15) is 24.1 Å². The summed E-state index contributed by atoms with van der Waals surface area (Å²) >= 11 is 8.05. The van der Waals surface area contributed by atoms with Crippen molar-refractivity contribution in [3.8, 4) is 17.6 Å². The van der Waals surface area contributed by atoms with E-state index in [1.807, 2.05) is 25.1 Å². The largest absolute Gasteiger partial charge is 0.490 e. The van der Waals surface area contributed by atoms with Gasteiger partial charge in [-0.15, -0.1) is 0 Å². The Balaban J connectivity index is 1.83. The van der Waals surface area contributed by atoms with Crippen molar-refractivity contribution in [2.24, 2.45) is 0 Å². The molecule has 0 aliphatic heterocycles. The molecule has 5 nitrogen and oxygen atoms in total. The Labute approximate surface area is 209 Å². The van der Waals surface area contributed by atoms with E-state index in [0.717, 1.165) is 9.13 Å². The molecule has 0 spiro atoms. The number of nitrogens with one attached hydrogen (secondary N) is 1. The number of benzene rings is 3. The second-order valence-corrected chi connectivity index (χ2v) is 8.41. The standard InChI is InChI=1S/C25H19ClFIN2O3/c1-2-32-23-13-17(11-18(14-29)25(31)30-21-9-7-20(27)8-10-21)12-22(28)24(23)33-15-16-3-5-19(26)6-4-16/h3-13H,2,15H2,1H3,(H,30,31)/b18-11-. The minimum atomic E-state index is -0.597. The third-order valence-corrected chi connectivity index (χ3v) is 5.46. The van der Waals surface area contributed by atoms with E-state index in [2.05, 4.69) is 27.9 Å².